The molecule has 2 aromatic carbocycles. The van der Waals surface area contributed by atoms with E-state index in [-0.39, 0.29) is 17.9 Å². The van der Waals surface area contributed by atoms with Crippen LogP contribution in [0.3, 0.4) is 0 Å². The van der Waals surface area contributed by atoms with E-state index in [0.717, 1.165) is 5.69 Å². The van der Waals surface area contributed by atoms with E-state index in [2.05, 4.69) is 10.6 Å². The zero-order valence-corrected chi connectivity index (χ0v) is 14.1. The monoisotopic (exact) mass is 339 g/mol. The van der Waals surface area contributed by atoms with Crippen LogP contribution in [0.25, 0.3) is 0 Å². The maximum absolute atomic E-state index is 12.2. The topological polar surface area (TPSA) is 70.7 Å². The van der Waals surface area contributed by atoms with E-state index in [1.165, 1.54) is 0 Å². The minimum Gasteiger partial charge on any atom is -0.497 e. The van der Waals surface area contributed by atoms with E-state index in [1.807, 2.05) is 42.5 Å². The van der Waals surface area contributed by atoms with Gasteiger partial charge in [-0.1, -0.05) is 24.3 Å². The molecule has 0 radical (unpaired) electrons. The lowest BCUT2D eigenvalue weighted by Gasteiger charge is -2.17. The number of carbonyl (C=O) groups excluding carboxylic acids is 2. The molecule has 1 saturated heterocycles. The molecule has 0 aliphatic carbocycles. The number of benzene rings is 2. The molecule has 1 aliphatic rings. The number of hydrogen-bond acceptors (Lipinski definition) is 3. The second-order valence-corrected chi connectivity index (χ2v) is 5.98. The predicted octanol–water partition coefficient (Wildman–Crippen LogP) is 2.87. The van der Waals surface area contributed by atoms with Crippen molar-refractivity contribution < 1.29 is 14.3 Å². The van der Waals surface area contributed by atoms with Gasteiger partial charge in [0.2, 0.25) is 5.91 Å². The highest BCUT2D eigenvalue weighted by atomic mass is 16.5. The van der Waals surface area contributed by atoms with Crippen molar-refractivity contribution >= 4 is 23.3 Å². The maximum Gasteiger partial charge on any atom is 0.319 e. The smallest absolute Gasteiger partial charge is 0.319 e. The van der Waals surface area contributed by atoms with Crippen LogP contribution in [0.4, 0.5) is 16.2 Å². The van der Waals surface area contributed by atoms with Gasteiger partial charge in [0.05, 0.1) is 7.11 Å². The summed E-state index contributed by atoms with van der Waals surface area (Å²) in [5.74, 6) is 0.868. The summed E-state index contributed by atoms with van der Waals surface area (Å²) in [6.07, 6.45) is 0.439. The average molecular weight is 339 g/mol. The Morgan fingerprint density at radius 3 is 2.76 bits per heavy atom. The molecule has 1 fully saturated rings. The number of anilines is 2. The van der Waals surface area contributed by atoms with Gasteiger partial charge in [0.25, 0.3) is 0 Å². The van der Waals surface area contributed by atoms with Gasteiger partial charge in [-0.25, -0.2) is 4.79 Å². The van der Waals surface area contributed by atoms with Crippen LogP contribution >= 0.6 is 0 Å². The van der Waals surface area contributed by atoms with Crippen molar-refractivity contribution in [1.82, 2.24) is 5.32 Å². The van der Waals surface area contributed by atoms with Crippen LogP contribution in [0, 0.1) is 5.92 Å². The molecular weight excluding hydrogens is 318 g/mol. The minimum absolute atomic E-state index is 0.0891. The summed E-state index contributed by atoms with van der Waals surface area (Å²) in [6, 6.07) is 16.4. The third-order valence-corrected chi connectivity index (χ3v) is 4.15. The number of para-hydroxylation sites is 1. The normalized spacial score (nSPS) is 16.6. The molecule has 1 atom stereocenters. The summed E-state index contributed by atoms with van der Waals surface area (Å²) in [6.45, 7) is 1.06. The van der Waals surface area contributed by atoms with Crippen LogP contribution in [0.15, 0.2) is 54.6 Å². The van der Waals surface area contributed by atoms with Crippen LogP contribution in [-0.4, -0.2) is 32.1 Å². The highest BCUT2D eigenvalue weighted by Crippen LogP contribution is 2.24. The third-order valence-electron chi connectivity index (χ3n) is 4.15. The Hall–Kier alpha value is -3.02. The first-order valence-electron chi connectivity index (χ1n) is 8.20. The number of nitrogens with one attached hydrogen (secondary N) is 2. The summed E-state index contributed by atoms with van der Waals surface area (Å²) >= 11 is 0. The van der Waals surface area contributed by atoms with Crippen molar-refractivity contribution in [2.45, 2.75) is 6.42 Å². The molecule has 3 rings (SSSR count). The van der Waals surface area contributed by atoms with Crippen LogP contribution in [0.1, 0.15) is 6.42 Å². The Kier molecular flexibility index (Phi) is 5.18. The van der Waals surface area contributed by atoms with E-state index in [1.54, 1.807) is 24.1 Å². The maximum atomic E-state index is 12.2. The number of methoxy groups -OCH3 is 1. The third kappa shape index (κ3) is 4.29. The Labute approximate surface area is 146 Å². The van der Waals surface area contributed by atoms with Crippen LogP contribution in [0.2, 0.25) is 0 Å². The van der Waals surface area contributed by atoms with Gasteiger partial charge in [-0.15, -0.1) is 0 Å². The highest BCUT2D eigenvalue weighted by Gasteiger charge is 2.30. The summed E-state index contributed by atoms with van der Waals surface area (Å²) in [4.78, 5) is 26.0. The Balaban J connectivity index is 1.50. The van der Waals surface area contributed by atoms with Crippen molar-refractivity contribution in [1.29, 1.82) is 0 Å². The number of carbonyl (C=O) groups is 2. The molecule has 2 aromatic rings. The number of amides is 3. The Morgan fingerprint density at radius 2 is 2.00 bits per heavy atom. The van der Waals surface area contributed by atoms with Gasteiger partial charge in [-0.2, -0.15) is 0 Å². The molecule has 0 unspecified atom stereocenters. The second kappa shape index (κ2) is 7.70. The van der Waals surface area contributed by atoms with Crippen LogP contribution in [-0.2, 0) is 4.79 Å². The molecule has 0 aromatic heterocycles. The lowest BCUT2D eigenvalue weighted by atomic mass is 10.1. The van der Waals surface area contributed by atoms with Crippen molar-refractivity contribution in [2.75, 3.05) is 30.4 Å². The molecule has 130 valence electrons. The van der Waals surface area contributed by atoms with E-state index in [0.29, 0.717) is 30.9 Å². The van der Waals surface area contributed by atoms with E-state index in [4.69, 9.17) is 4.74 Å². The summed E-state index contributed by atoms with van der Waals surface area (Å²) in [5.41, 5.74) is 1.56. The summed E-state index contributed by atoms with van der Waals surface area (Å²) in [7, 11) is 1.58. The number of rotatable bonds is 5. The number of nitrogens with zero attached hydrogens (tertiary/aromatic N) is 1. The van der Waals surface area contributed by atoms with Crippen LogP contribution < -0.4 is 20.3 Å². The van der Waals surface area contributed by atoms with Gasteiger partial charge in [0.1, 0.15) is 5.75 Å². The number of hydrogen-bond donors (Lipinski definition) is 2. The predicted molar refractivity (Wildman–Crippen MR) is 96.9 cm³/mol. The minimum atomic E-state index is -0.293. The molecule has 1 aliphatic heterocycles. The van der Waals surface area contributed by atoms with E-state index >= 15 is 0 Å². The average Bonchev–Trinajstić information content (AvgIpc) is 3.01. The fourth-order valence-corrected chi connectivity index (χ4v) is 2.89. The molecule has 0 bridgehead atoms. The molecule has 1 heterocycles. The number of urea groups is 1. The van der Waals surface area contributed by atoms with Crippen molar-refractivity contribution in [2.24, 2.45) is 5.92 Å². The second-order valence-electron chi connectivity index (χ2n) is 5.98. The lowest BCUT2D eigenvalue weighted by molar-refractivity contribution is -0.117. The highest BCUT2D eigenvalue weighted by molar-refractivity contribution is 5.96. The zero-order chi connectivity index (χ0) is 17.6. The molecule has 25 heavy (non-hydrogen) atoms. The van der Waals surface area contributed by atoms with Gasteiger partial charge >= 0.3 is 6.03 Å². The van der Waals surface area contributed by atoms with E-state index in [9.17, 15) is 9.59 Å². The van der Waals surface area contributed by atoms with Crippen molar-refractivity contribution in [3.8, 4) is 5.75 Å². The molecule has 0 spiro atoms. The van der Waals surface area contributed by atoms with Gasteiger partial charge in [-0.3, -0.25) is 4.79 Å². The Morgan fingerprint density at radius 1 is 1.20 bits per heavy atom. The quantitative estimate of drug-likeness (QED) is 0.880. The number of ether oxygens (including phenoxy) is 1. The van der Waals surface area contributed by atoms with Crippen LogP contribution in [0.5, 0.6) is 5.75 Å². The van der Waals surface area contributed by atoms with Gasteiger partial charge in [0.15, 0.2) is 0 Å². The van der Waals surface area contributed by atoms with E-state index < -0.39 is 0 Å². The first kappa shape index (κ1) is 16.8. The largest absolute Gasteiger partial charge is 0.497 e. The molecule has 2 N–H and O–H groups in total. The molecule has 0 saturated carbocycles. The van der Waals surface area contributed by atoms with Gasteiger partial charge in [-0.05, 0) is 24.3 Å². The van der Waals surface area contributed by atoms with Crippen molar-refractivity contribution in [3.05, 3.63) is 54.6 Å². The molecule has 6 heteroatoms. The fraction of sp³-hybridized carbons (Fsp3) is 0.263. The molecule has 6 nitrogen and oxygen atoms in total. The molecule has 3 amide bonds. The summed E-state index contributed by atoms with van der Waals surface area (Å²) < 4.78 is 5.13. The fourth-order valence-electron chi connectivity index (χ4n) is 2.89. The summed E-state index contributed by atoms with van der Waals surface area (Å²) in [5, 5.41) is 5.60. The SMILES string of the molecule is COc1cccc(NC(=O)NC[C@H]2CC(=O)N(c3ccccc3)C2)c1. The standard InChI is InChI=1S/C19H21N3O3/c1-25-17-9-5-6-15(11-17)21-19(24)20-12-14-10-18(23)22(13-14)16-7-3-2-4-8-16/h2-9,11,14H,10,12-13H2,1H3,(H2,20,21,24)/t14-/m1/s1. The Bertz CT molecular complexity index is 749. The lowest BCUT2D eigenvalue weighted by Crippen LogP contribution is -2.34. The molecular formula is C19H21N3O3. The first-order chi connectivity index (χ1) is 12.2. The van der Waals surface area contributed by atoms with Crippen molar-refractivity contribution in [3.63, 3.8) is 0 Å². The zero-order valence-electron chi connectivity index (χ0n) is 14.1. The first-order valence-corrected chi connectivity index (χ1v) is 8.20. The van der Waals surface area contributed by atoms with Gasteiger partial charge in [0, 0.05) is 42.9 Å². The van der Waals surface area contributed by atoms with Gasteiger partial charge < -0.3 is 20.3 Å².